The molecule has 0 radical (unpaired) electrons. The van der Waals surface area contributed by atoms with Crippen LogP contribution in [0, 0.1) is 0 Å². The maximum absolute atomic E-state index is 12.1. The number of benzene rings is 1. The van der Waals surface area contributed by atoms with Gasteiger partial charge in [-0.1, -0.05) is 26.0 Å². The fourth-order valence-corrected chi connectivity index (χ4v) is 1.88. The van der Waals surface area contributed by atoms with Gasteiger partial charge in [-0.2, -0.15) is 0 Å². The van der Waals surface area contributed by atoms with Gasteiger partial charge in [-0.05, 0) is 18.1 Å². The predicted molar refractivity (Wildman–Crippen MR) is 63.3 cm³/mol. The number of aromatic nitrogens is 1. The van der Waals surface area contributed by atoms with Crippen molar-refractivity contribution in [3.8, 4) is 0 Å². The van der Waals surface area contributed by atoms with Crippen LogP contribution in [-0.2, 0) is 7.05 Å². The molecule has 0 fully saturated rings. The van der Waals surface area contributed by atoms with Crippen LogP contribution in [0.2, 0.25) is 0 Å². The van der Waals surface area contributed by atoms with Gasteiger partial charge >= 0.3 is 0 Å². The lowest BCUT2D eigenvalue weighted by atomic mass is 10.0. The Hall–Kier alpha value is -1.57. The Balaban J connectivity index is 2.91. The third-order valence-corrected chi connectivity index (χ3v) is 2.75. The van der Waals surface area contributed by atoms with Gasteiger partial charge in [-0.3, -0.25) is 4.79 Å². The van der Waals surface area contributed by atoms with E-state index in [0.29, 0.717) is 0 Å². The lowest BCUT2D eigenvalue weighted by molar-refractivity contribution is 0.823. The summed E-state index contributed by atoms with van der Waals surface area (Å²) >= 11 is 0. The van der Waals surface area contributed by atoms with E-state index in [1.165, 1.54) is 0 Å². The SMILES string of the molecule is CC(C)c1cn(C)c2ccccc2c1=O. The van der Waals surface area contributed by atoms with Crippen LogP contribution < -0.4 is 5.43 Å². The summed E-state index contributed by atoms with van der Waals surface area (Å²) in [6.07, 6.45) is 1.94. The second kappa shape index (κ2) is 3.54. The Labute approximate surface area is 89.2 Å². The highest BCUT2D eigenvalue weighted by atomic mass is 16.1. The van der Waals surface area contributed by atoms with Crippen LogP contribution in [0.5, 0.6) is 0 Å². The second-order valence-corrected chi connectivity index (χ2v) is 4.20. The predicted octanol–water partition coefficient (Wildman–Crippen LogP) is 2.66. The molecule has 0 saturated heterocycles. The molecular formula is C13H15NO. The average Bonchev–Trinajstić information content (AvgIpc) is 2.23. The molecule has 1 heterocycles. The minimum atomic E-state index is 0.165. The summed E-state index contributed by atoms with van der Waals surface area (Å²) < 4.78 is 2.02. The molecule has 2 nitrogen and oxygen atoms in total. The molecule has 0 unspecified atom stereocenters. The smallest absolute Gasteiger partial charge is 0.192 e. The Kier molecular flexibility index (Phi) is 2.35. The second-order valence-electron chi connectivity index (χ2n) is 4.20. The monoisotopic (exact) mass is 201 g/mol. The van der Waals surface area contributed by atoms with E-state index in [9.17, 15) is 4.79 Å². The zero-order valence-electron chi connectivity index (χ0n) is 9.32. The minimum absolute atomic E-state index is 0.165. The molecule has 0 amide bonds. The van der Waals surface area contributed by atoms with E-state index in [0.717, 1.165) is 16.5 Å². The Morgan fingerprint density at radius 1 is 1.20 bits per heavy atom. The van der Waals surface area contributed by atoms with Crippen LogP contribution in [0.4, 0.5) is 0 Å². The number of rotatable bonds is 1. The van der Waals surface area contributed by atoms with Gasteiger partial charge in [0.2, 0.25) is 0 Å². The van der Waals surface area contributed by atoms with Crippen LogP contribution in [0.1, 0.15) is 25.3 Å². The first-order valence-corrected chi connectivity index (χ1v) is 5.19. The summed E-state index contributed by atoms with van der Waals surface area (Å²) in [5.41, 5.74) is 2.04. The number of aryl methyl sites for hydroxylation is 1. The fraction of sp³-hybridized carbons (Fsp3) is 0.308. The summed E-state index contributed by atoms with van der Waals surface area (Å²) in [7, 11) is 1.98. The van der Waals surface area contributed by atoms with Crippen molar-refractivity contribution >= 4 is 10.9 Å². The number of para-hydroxylation sites is 1. The highest BCUT2D eigenvalue weighted by Gasteiger charge is 2.09. The van der Waals surface area contributed by atoms with Crippen LogP contribution in [-0.4, -0.2) is 4.57 Å². The fourth-order valence-electron chi connectivity index (χ4n) is 1.88. The van der Waals surface area contributed by atoms with Gasteiger partial charge in [-0.15, -0.1) is 0 Å². The van der Waals surface area contributed by atoms with Crippen molar-refractivity contribution in [2.45, 2.75) is 19.8 Å². The first-order chi connectivity index (χ1) is 7.11. The summed E-state index contributed by atoms with van der Waals surface area (Å²) in [6, 6.07) is 7.73. The zero-order chi connectivity index (χ0) is 11.0. The zero-order valence-corrected chi connectivity index (χ0v) is 9.32. The Morgan fingerprint density at radius 3 is 2.53 bits per heavy atom. The Morgan fingerprint density at radius 2 is 1.87 bits per heavy atom. The van der Waals surface area contributed by atoms with E-state index in [1.807, 2.05) is 55.9 Å². The maximum Gasteiger partial charge on any atom is 0.192 e. The third-order valence-electron chi connectivity index (χ3n) is 2.75. The summed E-state index contributed by atoms with van der Waals surface area (Å²) in [4.78, 5) is 12.1. The normalized spacial score (nSPS) is 11.2. The first-order valence-electron chi connectivity index (χ1n) is 5.19. The highest BCUT2D eigenvalue weighted by Crippen LogP contribution is 2.15. The topological polar surface area (TPSA) is 22.0 Å². The van der Waals surface area contributed by atoms with Crippen LogP contribution >= 0.6 is 0 Å². The van der Waals surface area contributed by atoms with E-state index in [2.05, 4.69) is 0 Å². The van der Waals surface area contributed by atoms with E-state index >= 15 is 0 Å². The molecule has 2 rings (SSSR count). The molecular weight excluding hydrogens is 186 g/mol. The number of hydrogen-bond donors (Lipinski definition) is 0. The molecule has 0 spiro atoms. The lowest BCUT2D eigenvalue weighted by Crippen LogP contribution is -2.14. The van der Waals surface area contributed by atoms with Crippen molar-refractivity contribution in [3.05, 3.63) is 46.2 Å². The molecule has 1 aromatic carbocycles. The van der Waals surface area contributed by atoms with E-state index in [1.54, 1.807) is 0 Å². The molecule has 0 aliphatic heterocycles. The van der Waals surface area contributed by atoms with Crippen molar-refractivity contribution in [2.24, 2.45) is 7.05 Å². The van der Waals surface area contributed by atoms with E-state index in [-0.39, 0.29) is 11.3 Å². The number of fused-ring (bicyclic) bond motifs is 1. The molecule has 0 bridgehead atoms. The van der Waals surface area contributed by atoms with Gasteiger partial charge in [0.25, 0.3) is 0 Å². The molecule has 15 heavy (non-hydrogen) atoms. The van der Waals surface area contributed by atoms with Crippen LogP contribution in [0.15, 0.2) is 35.3 Å². The first kappa shape index (κ1) is 9.97. The van der Waals surface area contributed by atoms with Crippen LogP contribution in [0.25, 0.3) is 10.9 Å². The summed E-state index contributed by atoms with van der Waals surface area (Å²) in [5, 5.41) is 0.811. The Bertz CT molecular complexity index is 552. The van der Waals surface area contributed by atoms with Gasteiger partial charge in [-0.25, -0.2) is 0 Å². The van der Waals surface area contributed by atoms with E-state index in [4.69, 9.17) is 0 Å². The molecule has 1 aromatic heterocycles. The molecule has 0 aliphatic rings. The largest absolute Gasteiger partial charge is 0.350 e. The van der Waals surface area contributed by atoms with E-state index < -0.39 is 0 Å². The van der Waals surface area contributed by atoms with Crippen molar-refractivity contribution in [1.29, 1.82) is 0 Å². The highest BCUT2D eigenvalue weighted by molar-refractivity contribution is 5.79. The van der Waals surface area contributed by atoms with Crippen LogP contribution in [0.3, 0.4) is 0 Å². The maximum atomic E-state index is 12.1. The van der Waals surface area contributed by atoms with Crippen molar-refractivity contribution < 1.29 is 0 Å². The van der Waals surface area contributed by atoms with Crippen molar-refractivity contribution in [3.63, 3.8) is 0 Å². The lowest BCUT2D eigenvalue weighted by Gasteiger charge is -2.10. The third kappa shape index (κ3) is 1.56. The molecule has 2 aromatic rings. The molecule has 2 heteroatoms. The average molecular weight is 201 g/mol. The van der Waals surface area contributed by atoms with Gasteiger partial charge in [0.15, 0.2) is 5.43 Å². The van der Waals surface area contributed by atoms with Gasteiger partial charge in [0.1, 0.15) is 0 Å². The number of hydrogen-bond acceptors (Lipinski definition) is 1. The molecule has 78 valence electrons. The quantitative estimate of drug-likeness (QED) is 0.695. The summed E-state index contributed by atoms with van der Waals surface area (Å²) in [6.45, 7) is 4.09. The number of nitrogens with zero attached hydrogens (tertiary/aromatic N) is 1. The van der Waals surface area contributed by atoms with Crippen molar-refractivity contribution in [2.75, 3.05) is 0 Å². The van der Waals surface area contributed by atoms with Gasteiger partial charge in [0.05, 0.1) is 5.52 Å². The summed E-state index contributed by atoms with van der Waals surface area (Å²) in [5.74, 6) is 0.272. The molecule has 0 aliphatic carbocycles. The molecule has 0 N–H and O–H groups in total. The molecule has 0 saturated carbocycles. The van der Waals surface area contributed by atoms with Crippen molar-refractivity contribution in [1.82, 2.24) is 4.57 Å². The van der Waals surface area contributed by atoms with Gasteiger partial charge < -0.3 is 4.57 Å². The standard InChI is InChI=1S/C13H15NO/c1-9(2)11-8-14(3)12-7-5-4-6-10(12)13(11)15/h4-9H,1-3H3. The number of pyridine rings is 1. The van der Waals surface area contributed by atoms with Gasteiger partial charge in [0, 0.05) is 24.2 Å². The molecule has 0 atom stereocenters. The minimum Gasteiger partial charge on any atom is -0.350 e.